The van der Waals surface area contributed by atoms with Gasteiger partial charge in [0.1, 0.15) is 16.9 Å². The van der Waals surface area contributed by atoms with Gasteiger partial charge in [0.15, 0.2) is 5.15 Å². The topological polar surface area (TPSA) is 41.6 Å². The van der Waals surface area contributed by atoms with E-state index < -0.39 is 0 Å². The van der Waals surface area contributed by atoms with Gasteiger partial charge in [0.2, 0.25) is 0 Å². The molecule has 2 aromatic heterocycles. The zero-order chi connectivity index (χ0) is 10.8. The molecule has 5 heteroatoms. The lowest BCUT2D eigenvalue weighted by molar-refractivity contribution is 0.757. The van der Waals surface area contributed by atoms with Gasteiger partial charge in [-0.3, -0.25) is 0 Å². The summed E-state index contributed by atoms with van der Waals surface area (Å²) in [6.45, 7) is 2.15. The Kier molecular flexibility index (Phi) is 3.45. The van der Waals surface area contributed by atoms with Crippen LogP contribution in [0.3, 0.4) is 0 Å². The van der Waals surface area contributed by atoms with E-state index >= 15 is 0 Å². The molecule has 0 atom stereocenters. The lowest BCUT2D eigenvalue weighted by atomic mass is 10.2. The average Bonchev–Trinajstić information content (AvgIpc) is 2.58. The van der Waals surface area contributed by atoms with Crippen LogP contribution in [0.5, 0.6) is 0 Å². The number of H-pyrrole nitrogens is 1. The lowest BCUT2D eigenvalue weighted by Crippen LogP contribution is -1.96. The molecule has 1 N–H and O–H groups in total. The van der Waals surface area contributed by atoms with E-state index in [1.54, 1.807) is 0 Å². The van der Waals surface area contributed by atoms with Crippen LogP contribution in [-0.4, -0.2) is 15.0 Å². The fourth-order valence-electron chi connectivity index (χ4n) is 1.43. The quantitative estimate of drug-likeness (QED) is 0.688. The molecular formula is C10H11ClIN3. The molecule has 0 radical (unpaired) electrons. The molecule has 0 aromatic carbocycles. The summed E-state index contributed by atoms with van der Waals surface area (Å²) in [7, 11) is 0. The van der Waals surface area contributed by atoms with E-state index in [1.807, 2.05) is 6.20 Å². The summed E-state index contributed by atoms with van der Waals surface area (Å²) in [6, 6.07) is 0. The number of halogens is 2. The SMILES string of the molecule is CCCCc1nc(Cl)c2[nH]cc(I)c2n1. The Morgan fingerprint density at radius 3 is 3.00 bits per heavy atom. The molecule has 0 bridgehead atoms. The van der Waals surface area contributed by atoms with Gasteiger partial charge in [0.25, 0.3) is 0 Å². The molecule has 0 aliphatic carbocycles. The first kappa shape index (κ1) is 11.1. The molecule has 0 fully saturated rings. The van der Waals surface area contributed by atoms with Crippen LogP contribution in [0.1, 0.15) is 25.6 Å². The highest BCUT2D eigenvalue weighted by Gasteiger charge is 2.09. The van der Waals surface area contributed by atoms with Gasteiger partial charge in [-0.25, -0.2) is 9.97 Å². The second-order valence-corrected chi connectivity index (χ2v) is 4.91. The van der Waals surface area contributed by atoms with E-state index in [1.165, 1.54) is 0 Å². The Balaban J connectivity index is 2.45. The van der Waals surface area contributed by atoms with Crippen LogP contribution in [0, 0.1) is 3.57 Å². The minimum atomic E-state index is 0.522. The smallest absolute Gasteiger partial charge is 0.156 e. The van der Waals surface area contributed by atoms with Crippen molar-refractivity contribution in [3.05, 3.63) is 20.7 Å². The molecule has 3 nitrogen and oxygen atoms in total. The van der Waals surface area contributed by atoms with Gasteiger partial charge in [-0.15, -0.1) is 0 Å². The van der Waals surface area contributed by atoms with Gasteiger partial charge >= 0.3 is 0 Å². The molecular weight excluding hydrogens is 324 g/mol. The number of aromatic amines is 1. The van der Waals surface area contributed by atoms with Crippen molar-refractivity contribution in [1.82, 2.24) is 15.0 Å². The first-order valence-corrected chi connectivity index (χ1v) is 6.37. The number of fused-ring (bicyclic) bond motifs is 1. The largest absolute Gasteiger partial charge is 0.356 e. The number of hydrogen-bond acceptors (Lipinski definition) is 2. The molecule has 0 unspecified atom stereocenters. The number of aromatic nitrogens is 3. The maximum absolute atomic E-state index is 6.07. The second kappa shape index (κ2) is 4.65. The molecule has 0 saturated heterocycles. The van der Waals surface area contributed by atoms with Crippen molar-refractivity contribution in [2.75, 3.05) is 0 Å². The molecule has 15 heavy (non-hydrogen) atoms. The van der Waals surface area contributed by atoms with Crippen LogP contribution in [-0.2, 0) is 6.42 Å². The third kappa shape index (κ3) is 2.25. The zero-order valence-electron chi connectivity index (χ0n) is 8.35. The molecule has 80 valence electrons. The predicted molar refractivity (Wildman–Crippen MR) is 70.2 cm³/mol. The first-order chi connectivity index (χ1) is 7.22. The predicted octanol–water partition coefficient (Wildman–Crippen LogP) is 3.56. The fraction of sp³-hybridized carbons (Fsp3) is 0.400. The first-order valence-electron chi connectivity index (χ1n) is 4.91. The normalized spacial score (nSPS) is 11.1. The summed E-state index contributed by atoms with van der Waals surface area (Å²) in [6.07, 6.45) is 5.04. The van der Waals surface area contributed by atoms with Crippen molar-refractivity contribution < 1.29 is 0 Å². The summed E-state index contributed by atoms with van der Waals surface area (Å²) in [5.74, 6) is 0.840. The van der Waals surface area contributed by atoms with E-state index in [0.29, 0.717) is 5.15 Å². The Morgan fingerprint density at radius 2 is 2.27 bits per heavy atom. The van der Waals surface area contributed by atoms with Gasteiger partial charge in [0, 0.05) is 12.6 Å². The van der Waals surface area contributed by atoms with Crippen LogP contribution in [0.2, 0.25) is 5.15 Å². The van der Waals surface area contributed by atoms with E-state index in [-0.39, 0.29) is 0 Å². The molecule has 0 spiro atoms. The van der Waals surface area contributed by atoms with Crippen molar-refractivity contribution in [3.8, 4) is 0 Å². The number of nitrogens with one attached hydrogen (secondary N) is 1. The molecule has 2 rings (SSSR count). The monoisotopic (exact) mass is 335 g/mol. The van der Waals surface area contributed by atoms with E-state index in [0.717, 1.165) is 39.7 Å². The summed E-state index contributed by atoms with van der Waals surface area (Å²) in [4.78, 5) is 11.8. The minimum absolute atomic E-state index is 0.522. The Morgan fingerprint density at radius 1 is 1.47 bits per heavy atom. The lowest BCUT2D eigenvalue weighted by Gasteiger charge is -2.00. The van der Waals surface area contributed by atoms with Crippen LogP contribution >= 0.6 is 34.2 Å². The third-order valence-electron chi connectivity index (χ3n) is 2.23. The van der Waals surface area contributed by atoms with Crippen molar-refractivity contribution in [2.24, 2.45) is 0 Å². The van der Waals surface area contributed by atoms with E-state index in [9.17, 15) is 0 Å². The number of rotatable bonds is 3. The maximum atomic E-state index is 6.07. The van der Waals surface area contributed by atoms with Crippen LogP contribution in [0.25, 0.3) is 11.0 Å². The zero-order valence-corrected chi connectivity index (χ0v) is 11.3. The summed E-state index contributed by atoms with van der Waals surface area (Å²) in [5.41, 5.74) is 1.77. The van der Waals surface area contributed by atoms with E-state index in [2.05, 4.69) is 44.5 Å². The number of nitrogens with zero attached hydrogens (tertiary/aromatic N) is 2. The number of unbranched alkanes of at least 4 members (excludes halogenated alkanes) is 1. The highest BCUT2D eigenvalue weighted by molar-refractivity contribution is 14.1. The Hall–Kier alpha value is -0.360. The standard InChI is InChI=1S/C10H11ClIN3/c1-2-3-4-7-14-8-6(12)5-13-9(8)10(11)15-7/h5,13H,2-4H2,1H3. The van der Waals surface area contributed by atoms with Crippen molar-refractivity contribution in [1.29, 1.82) is 0 Å². The second-order valence-electron chi connectivity index (χ2n) is 3.39. The Bertz CT molecular complexity index is 481. The minimum Gasteiger partial charge on any atom is -0.356 e. The van der Waals surface area contributed by atoms with Gasteiger partial charge in [-0.2, -0.15) is 0 Å². The third-order valence-corrected chi connectivity index (χ3v) is 3.33. The molecule has 2 aromatic rings. The van der Waals surface area contributed by atoms with Gasteiger partial charge in [-0.05, 0) is 29.0 Å². The van der Waals surface area contributed by atoms with Crippen LogP contribution in [0.15, 0.2) is 6.20 Å². The van der Waals surface area contributed by atoms with Crippen molar-refractivity contribution >= 4 is 45.2 Å². The average molecular weight is 336 g/mol. The fourth-order valence-corrected chi connectivity index (χ4v) is 2.22. The number of aryl methyl sites for hydroxylation is 1. The molecule has 0 saturated carbocycles. The molecule has 2 heterocycles. The highest BCUT2D eigenvalue weighted by atomic mass is 127. The molecule has 0 amide bonds. The van der Waals surface area contributed by atoms with Crippen LogP contribution in [0.4, 0.5) is 0 Å². The Labute approximate surface area is 107 Å². The molecule has 0 aliphatic rings. The maximum Gasteiger partial charge on any atom is 0.156 e. The van der Waals surface area contributed by atoms with Crippen LogP contribution < -0.4 is 0 Å². The van der Waals surface area contributed by atoms with Gasteiger partial charge < -0.3 is 4.98 Å². The summed E-state index contributed by atoms with van der Waals surface area (Å²) >= 11 is 8.31. The van der Waals surface area contributed by atoms with E-state index in [4.69, 9.17) is 11.6 Å². The van der Waals surface area contributed by atoms with Crippen molar-refractivity contribution in [3.63, 3.8) is 0 Å². The number of hydrogen-bond donors (Lipinski definition) is 1. The molecule has 0 aliphatic heterocycles. The summed E-state index contributed by atoms with van der Waals surface area (Å²) in [5, 5.41) is 0.522. The van der Waals surface area contributed by atoms with Crippen molar-refractivity contribution in [2.45, 2.75) is 26.2 Å². The summed E-state index contributed by atoms with van der Waals surface area (Å²) < 4.78 is 1.09. The van der Waals surface area contributed by atoms with Gasteiger partial charge in [0.05, 0.1) is 3.57 Å². The highest BCUT2D eigenvalue weighted by Crippen LogP contribution is 2.23. The van der Waals surface area contributed by atoms with Gasteiger partial charge in [-0.1, -0.05) is 24.9 Å².